The molecule has 0 fully saturated rings. The molecule has 3 N–H and O–H groups in total. The van der Waals surface area contributed by atoms with Gasteiger partial charge in [0.15, 0.2) is 5.75 Å². The van der Waals surface area contributed by atoms with E-state index in [-0.39, 0.29) is 15.0 Å². The van der Waals surface area contributed by atoms with Crippen molar-refractivity contribution < 1.29 is 13.9 Å². The summed E-state index contributed by atoms with van der Waals surface area (Å²) in [6, 6.07) is 0. The fourth-order valence-electron chi connectivity index (χ4n) is 0.659. The van der Waals surface area contributed by atoms with Crippen LogP contribution >= 0.6 is 22.6 Å². The van der Waals surface area contributed by atoms with Crippen molar-refractivity contribution in [2.75, 3.05) is 5.73 Å². The summed E-state index contributed by atoms with van der Waals surface area (Å²) < 4.78 is 24.4. The molecule has 6 heteroatoms. The smallest absolute Gasteiger partial charge is 0.281 e. The van der Waals surface area contributed by atoms with Crippen LogP contribution < -0.4 is 5.73 Å². The van der Waals surface area contributed by atoms with Crippen LogP contribution in [-0.2, 0) is 0 Å². The van der Waals surface area contributed by atoms with E-state index in [4.69, 9.17) is 10.8 Å². The summed E-state index contributed by atoms with van der Waals surface area (Å²) in [5.74, 6) is -0.274. The van der Waals surface area contributed by atoms with Crippen LogP contribution in [0.1, 0.15) is 12.1 Å². The Morgan fingerprint density at radius 2 is 2.17 bits per heavy atom. The third kappa shape index (κ3) is 1.57. The minimum atomic E-state index is -2.67. The molecule has 0 aromatic carbocycles. The Labute approximate surface area is 80.7 Å². The van der Waals surface area contributed by atoms with Gasteiger partial charge < -0.3 is 10.8 Å². The van der Waals surface area contributed by atoms with Crippen molar-refractivity contribution >= 4 is 28.3 Å². The normalized spacial score (nSPS) is 10.7. The third-order valence-corrected chi connectivity index (χ3v) is 2.40. The highest BCUT2D eigenvalue weighted by atomic mass is 127. The van der Waals surface area contributed by atoms with Crippen LogP contribution in [0.3, 0.4) is 0 Å². The fourth-order valence-corrected chi connectivity index (χ4v) is 1.31. The first-order valence-electron chi connectivity index (χ1n) is 2.95. The molecule has 66 valence electrons. The third-order valence-electron chi connectivity index (χ3n) is 1.27. The summed E-state index contributed by atoms with van der Waals surface area (Å²) in [5, 5.41) is 8.97. The molecule has 0 amide bonds. The minimum absolute atomic E-state index is 0.0547. The Morgan fingerprint density at radius 3 is 2.67 bits per heavy atom. The largest absolute Gasteiger partial charge is 0.504 e. The quantitative estimate of drug-likeness (QED) is 0.775. The number of anilines is 1. The second-order valence-electron chi connectivity index (χ2n) is 2.06. The second-order valence-corrected chi connectivity index (χ2v) is 3.14. The molecule has 1 aromatic heterocycles. The Hall–Kier alpha value is -0.660. The van der Waals surface area contributed by atoms with E-state index in [9.17, 15) is 8.78 Å². The fraction of sp³-hybridized carbons (Fsp3) is 0.167. The highest BCUT2D eigenvalue weighted by Crippen LogP contribution is 2.31. The number of hydrogen-bond donors (Lipinski definition) is 2. The molecule has 0 saturated heterocycles. The predicted molar refractivity (Wildman–Crippen MR) is 48.0 cm³/mol. The Morgan fingerprint density at radius 1 is 1.58 bits per heavy atom. The van der Waals surface area contributed by atoms with E-state index in [0.29, 0.717) is 0 Å². The Kier molecular flexibility index (Phi) is 2.65. The van der Waals surface area contributed by atoms with Gasteiger partial charge in [0.25, 0.3) is 6.43 Å². The monoisotopic (exact) mass is 286 g/mol. The topological polar surface area (TPSA) is 59.1 Å². The van der Waals surface area contributed by atoms with Gasteiger partial charge in [0.1, 0.15) is 5.69 Å². The highest BCUT2D eigenvalue weighted by Gasteiger charge is 2.16. The van der Waals surface area contributed by atoms with Crippen molar-refractivity contribution in [3.05, 3.63) is 15.5 Å². The number of rotatable bonds is 1. The van der Waals surface area contributed by atoms with E-state index in [2.05, 4.69) is 4.98 Å². The molecule has 3 nitrogen and oxygen atoms in total. The first-order valence-corrected chi connectivity index (χ1v) is 4.03. The van der Waals surface area contributed by atoms with E-state index in [1.807, 2.05) is 0 Å². The number of nitrogen functional groups attached to an aromatic ring is 1. The molecule has 0 atom stereocenters. The minimum Gasteiger partial charge on any atom is -0.504 e. The van der Waals surface area contributed by atoms with Crippen LogP contribution in [-0.4, -0.2) is 10.1 Å². The first-order chi connectivity index (χ1) is 5.54. The molecule has 0 bridgehead atoms. The maximum absolute atomic E-state index is 12.1. The molecule has 12 heavy (non-hydrogen) atoms. The molecule has 0 spiro atoms. The number of nitrogens with two attached hydrogens (primary N) is 1. The van der Waals surface area contributed by atoms with Crippen LogP contribution in [0.2, 0.25) is 0 Å². The lowest BCUT2D eigenvalue weighted by Gasteiger charge is -2.05. The number of aromatic hydroxyl groups is 1. The number of halogens is 3. The number of nitrogens with zero attached hydrogens (tertiary/aromatic N) is 1. The van der Waals surface area contributed by atoms with Gasteiger partial charge in [0, 0.05) is 0 Å². The molecule has 1 rings (SSSR count). The lowest BCUT2D eigenvalue weighted by molar-refractivity contribution is 0.145. The van der Waals surface area contributed by atoms with Crippen molar-refractivity contribution in [1.29, 1.82) is 0 Å². The van der Waals surface area contributed by atoms with Gasteiger partial charge in [-0.2, -0.15) is 0 Å². The average molecular weight is 286 g/mol. The summed E-state index contributed by atoms with van der Waals surface area (Å²) in [6.07, 6.45) is -1.75. The van der Waals surface area contributed by atoms with Gasteiger partial charge in [0.2, 0.25) is 0 Å². The summed E-state index contributed by atoms with van der Waals surface area (Å²) in [5.41, 5.74) is 4.84. The van der Waals surface area contributed by atoms with E-state index in [1.165, 1.54) is 0 Å². The summed E-state index contributed by atoms with van der Waals surface area (Å²) >= 11 is 1.62. The van der Waals surface area contributed by atoms with Gasteiger partial charge in [0.05, 0.1) is 15.5 Å². The van der Waals surface area contributed by atoms with Crippen molar-refractivity contribution in [3.8, 4) is 5.75 Å². The van der Waals surface area contributed by atoms with Crippen LogP contribution in [0.5, 0.6) is 5.75 Å². The van der Waals surface area contributed by atoms with Crippen LogP contribution in [0, 0.1) is 3.57 Å². The molecular formula is C6H5F2IN2O. The van der Waals surface area contributed by atoms with Gasteiger partial charge in [-0.25, -0.2) is 8.78 Å². The molecule has 0 saturated carbocycles. The van der Waals surface area contributed by atoms with Gasteiger partial charge in [-0.15, -0.1) is 0 Å². The van der Waals surface area contributed by atoms with Crippen LogP contribution in [0.15, 0.2) is 6.20 Å². The van der Waals surface area contributed by atoms with Crippen molar-refractivity contribution in [2.45, 2.75) is 6.43 Å². The number of aromatic nitrogens is 1. The zero-order chi connectivity index (χ0) is 9.30. The molecular weight excluding hydrogens is 281 g/mol. The molecule has 0 unspecified atom stereocenters. The van der Waals surface area contributed by atoms with Gasteiger partial charge >= 0.3 is 0 Å². The lowest BCUT2D eigenvalue weighted by Crippen LogP contribution is -1.99. The number of hydrogen-bond acceptors (Lipinski definition) is 3. The second kappa shape index (κ2) is 3.38. The standard InChI is InChI=1S/C6H5F2IN2O/c7-6(8)5-3(9)4(10)2(12)1-11-5/h1,6,12H,(H2,10,11). The van der Waals surface area contributed by atoms with Gasteiger partial charge in [-0.05, 0) is 22.6 Å². The van der Waals surface area contributed by atoms with Crippen LogP contribution in [0.4, 0.5) is 14.5 Å². The molecule has 1 aromatic rings. The van der Waals surface area contributed by atoms with Gasteiger partial charge in [-0.3, -0.25) is 4.98 Å². The lowest BCUT2D eigenvalue weighted by atomic mass is 10.3. The Bertz CT molecular complexity index is 306. The van der Waals surface area contributed by atoms with Crippen LogP contribution in [0.25, 0.3) is 0 Å². The Balaban J connectivity index is 3.27. The van der Waals surface area contributed by atoms with E-state index in [1.54, 1.807) is 22.6 Å². The summed E-state index contributed by atoms with van der Waals surface area (Å²) in [7, 11) is 0. The number of pyridine rings is 1. The molecule has 0 aliphatic carbocycles. The molecule has 0 aliphatic rings. The maximum atomic E-state index is 12.1. The van der Waals surface area contributed by atoms with Crippen molar-refractivity contribution in [1.82, 2.24) is 4.98 Å². The van der Waals surface area contributed by atoms with Gasteiger partial charge in [-0.1, -0.05) is 0 Å². The average Bonchev–Trinajstić information content (AvgIpc) is 2.00. The molecule has 0 aliphatic heterocycles. The first kappa shape index (κ1) is 9.43. The zero-order valence-electron chi connectivity index (χ0n) is 5.76. The summed E-state index contributed by atoms with van der Waals surface area (Å²) in [4.78, 5) is 3.35. The molecule has 0 radical (unpaired) electrons. The highest BCUT2D eigenvalue weighted by molar-refractivity contribution is 14.1. The van der Waals surface area contributed by atoms with E-state index >= 15 is 0 Å². The SMILES string of the molecule is Nc1c(O)cnc(C(F)F)c1I. The zero-order valence-corrected chi connectivity index (χ0v) is 7.92. The maximum Gasteiger partial charge on any atom is 0.281 e. The predicted octanol–water partition coefficient (Wildman–Crippen LogP) is 1.91. The summed E-state index contributed by atoms with van der Waals surface area (Å²) in [6.45, 7) is 0. The van der Waals surface area contributed by atoms with E-state index in [0.717, 1.165) is 6.20 Å². The van der Waals surface area contributed by atoms with E-state index < -0.39 is 12.1 Å². The number of alkyl halides is 2. The van der Waals surface area contributed by atoms with Crippen molar-refractivity contribution in [2.24, 2.45) is 0 Å². The van der Waals surface area contributed by atoms with Crippen molar-refractivity contribution in [3.63, 3.8) is 0 Å². The molecule has 1 heterocycles.